The van der Waals surface area contributed by atoms with Crippen molar-refractivity contribution in [1.29, 1.82) is 0 Å². The Morgan fingerprint density at radius 2 is 0.943 bits per heavy atom. The van der Waals surface area contributed by atoms with Gasteiger partial charge >= 0.3 is 0 Å². The molecule has 1 fully saturated rings. The second kappa shape index (κ2) is 40.8. The first-order valence-electron chi connectivity index (χ1n) is 30.7. The third-order valence-corrected chi connectivity index (χ3v) is 14.6. The van der Waals surface area contributed by atoms with Gasteiger partial charge in [-0.15, -0.1) is 0 Å². The molecule has 3 rings (SSSR count). The Labute approximate surface area is 515 Å². The van der Waals surface area contributed by atoms with Crippen LogP contribution in [0.15, 0.2) is 60.7 Å². The van der Waals surface area contributed by atoms with Gasteiger partial charge in [0.25, 0.3) is 0 Å². The maximum absolute atomic E-state index is 14.7. The Balaban J connectivity index is 2.12. The third kappa shape index (κ3) is 26.8. The third-order valence-electron chi connectivity index (χ3n) is 14.6. The van der Waals surface area contributed by atoms with Crippen molar-refractivity contribution < 1.29 is 57.8 Å². The van der Waals surface area contributed by atoms with Crippen LogP contribution in [0.1, 0.15) is 122 Å². The molecule has 1 heterocycles. The van der Waals surface area contributed by atoms with E-state index in [1.165, 1.54) is 6.92 Å². The smallest absolute Gasteiger partial charge is 0.245 e. The van der Waals surface area contributed by atoms with Crippen LogP contribution >= 0.6 is 0 Å². The zero-order chi connectivity index (χ0) is 65.1. The lowest BCUT2D eigenvalue weighted by atomic mass is 10.00. The van der Waals surface area contributed by atoms with Gasteiger partial charge in [0, 0.05) is 25.8 Å². The van der Waals surface area contributed by atoms with E-state index in [1.54, 1.807) is 74.5 Å². The number of carbonyl (C=O) groups excluding carboxylic acids is 11. The van der Waals surface area contributed by atoms with Crippen LogP contribution in [0.4, 0.5) is 0 Å². The molecule has 2 aromatic carbocycles. The minimum Gasteiger partial charge on any atom is -0.391 e. The minimum atomic E-state index is -1.69. The summed E-state index contributed by atoms with van der Waals surface area (Å²) in [6.07, 6.45) is 1.79. The summed E-state index contributed by atoms with van der Waals surface area (Å²) in [7, 11) is 0. The second-order valence-corrected chi connectivity index (χ2v) is 22.5. The Kier molecular flexibility index (Phi) is 34.6. The van der Waals surface area contributed by atoms with E-state index in [0.29, 0.717) is 17.5 Å². The van der Waals surface area contributed by atoms with Gasteiger partial charge in [0.15, 0.2) is 0 Å². The lowest BCUT2D eigenvalue weighted by Gasteiger charge is -2.29. The average Bonchev–Trinajstić information content (AvgIpc) is 3.61. The molecule has 11 amide bonds. The van der Waals surface area contributed by atoms with Gasteiger partial charge in [-0.05, 0) is 108 Å². The Morgan fingerprint density at radius 1 is 0.511 bits per heavy atom. The predicted octanol–water partition coefficient (Wildman–Crippen LogP) is -3.63. The summed E-state index contributed by atoms with van der Waals surface area (Å²) in [4.78, 5) is 156. The van der Waals surface area contributed by atoms with Crippen LogP contribution in [-0.4, -0.2) is 176 Å². The number of rotatable bonds is 30. The zero-order valence-electron chi connectivity index (χ0n) is 51.4. The fourth-order valence-electron chi connectivity index (χ4n) is 9.71. The number of amides is 11. The van der Waals surface area contributed by atoms with E-state index >= 15 is 0 Å². The molecule has 1 aliphatic heterocycles. The number of benzene rings is 2. The highest BCUT2D eigenvalue weighted by molar-refractivity contribution is 5.99. The molecule has 0 aliphatic carbocycles. The summed E-state index contributed by atoms with van der Waals surface area (Å²) in [5.74, 6) is -9.34. The maximum atomic E-state index is 14.7. The van der Waals surface area contributed by atoms with Gasteiger partial charge in [-0.3, -0.25) is 52.7 Å². The van der Waals surface area contributed by atoms with Crippen LogP contribution in [-0.2, 0) is 65.6 Å². The van der Waals surface area contributed by atoms with Crippen LogP contribution in [0.25, 0.3) is 0 Å². The lowest BCUT2D eigenvalue weighted by Crippen LogP contribution is -2.62. The summed E-state index contributed by atoms with van der Waals surface area (Å²) in [5.41, 5.74) is 30.8. The first kappa shape index (κ1) is 74.6. The van der Waals surface area contributed by atoms with Gasteiger partial charge in [0.2, 0.25) is 65.0 Å². The molecular formula is C60H98N16O12. The van der Waals surface area contributed by atoms with Crippen molar-refractivity contribution in [2.45, 2.75) is 191 Å². The molecule has 490 valence electrons. The minimum absolute atomic E-state index is 0.00640. The molecule has 28 heteroatoms. The van der Waals surface area contributed by atoms with E-state index in [9.17, 15) is 57.8 Å². The van der Waals surface area contributed by atoms with Gasteiger partial charge in [-0.2, -0.15) is 0 Å². The summed E-state index contributed by atoms with van der Waals surface area (Å²) in [6.45, 7) is 5.93. The number of hydrogen-bond donors (Lipinski definition) is 17. The summed E-state index contributed by atoms with van der Waals surface area (Å²) >= 11 is 0. The van der Waals surface area contributed by atoms with Gasteiger partial charge in [0.1, 0.15) is 60.4 Å². The van der Waals surface area contributed by atoms with Gasteiger partial charge in [-0.25, -0.2) is 0 Å². The van der Waals surface area contributed by atoms with E-state index in [0.717, 1.165) is 25.7 Å². The Morgan fingerprint density at radius 3 is 1.41 bits per heavy atom. The molecule has 88 heavy (non-hydrogen) atoms. The number of nitrogens with two attached hydrogens (primary N) is 5. The molecule has 22 N–H and O–H groups in total. The van der Waals surface area contributed by atoms with Crippen molar-refractivity contribution in [1.82, 2.24) is 58.5 Å². The Hall–Kier alpha value is -7.63. The molecule has 1 saturated heterocycles. The number of unbranched alkanes of at least 4 members (excludes halogenated alkanes) is 4. The first-order chi connectivity index (χ1) is 42.1. The highest BCUT2D eigenvalue weighted by Gasteiger charge is 2.37. The summed E-state index contributed by atoms with van der Waals surface area (Å²) in [6, 6.07) is 3.07. The number of nitrogens with one attached hydrogen (secondary N) is 11. The van der Waals surface area contributed by atoms with E-state index in [1.807, 2.05) is 0 Å². The maximum Gasteiger partial charge on any atom is 0.245 e. The topological polar surface area (TPSA) is 470 Å². The molecule has 0 unspecified atom stereocenters. The van der Waals surface area contributed by atoms with Gasteiger partial charge < -0.3 is 92.3 Å². The highest BCUT2D eigenvalue weighted by atomic mass is 16.3. The van der Waals surface area contributed by atoms with Crippen LogP contribution in [0.5, 0.6) is 0 Å². The van der Waals surface area contributed by atoms with Crippen molar-refractivity contribution >= 4 is 65.0 Å². The van der Waals surface area contributed by atoms with E-state index in [2.05, 4.69) is 65.4 Å². The van der Waals surface area contributed by atoms with E-state index < -0.39 is 138 Å². The highest BCUT2D eigenvalue weighted by Crippen LogP contribution is 2.13. The van der Waals surface area contributed by atoms with E-state index in [-0.39, 0.29) is 103 Å². The molecule has 11 atom stereocenters. The molecule has 2 aromatic rings. The van der Waals surface area contributed by atoms with Crippen molar-refractivity contribution in [3.05, 3.63) is 71.8 Å². The van der Waals surface area contributed by atoms with Crippen LogP contribution in [0.2, 0.25) is 0 Å². The molecule has 0 radical (unpaired) electrons. The SMILES string of the molecule is CCCCCCCC(=O)N[C@@H](CCN)C(=O)N[C@H](C(=O)N[C@@H](CCN)C(=O)N[C@H]1CCNC(=O)[C@H](Cc2ccccc2)NC(=O)[C@H](CCN)NC(=O)[C@H](CCN)NC(=O)[C@H](CC(C)C)NC(=O)[C@@H](Cc2ccccc2)NC(=O)[C@H](CCN)NC1=O)[C@@H](C)O. The lowest BCUT2D eigenvalue weighted by molar-refractivity contribution is -0.137. The van der Waals surface area contributed by atoms with Gasteiger partial charge in [0.05, 0.1) is 6.10 Å². The van der Waals surface area contributed by atoms with Crippen molar-refractivity contribution in [3.8, 4) is 0 Å². The molecule has 28 nitrogen and oxygen atoms in total. The fourth-order valence-corrected chi connectivity index (χ4v) is 9.71. The number of hydrogen-bond acceptors (Lipinski definition) is 17. The number of carbonyl (C=O) groups is 11. The van der Waals surface area contributed by atoms with Gasteiger partial charge in [-0.1, -0.05) is 107 Å². The van der Waals surface area contributed by atoms with Crippen molar-refractivity contribution in [3.63, 3.8) is 0 Å². The van der Waals surface area contributed by atoms with Crippen LogP contribution in [0.3, 0.4) is 0 Å². The molecular weight excluding hydrogens is 1140 g/mol. The van der Waals surface area contributed by atoms with E-state index in [4.69, 9.17) is 28.7 Å². The molecule has 0 spiro atoms. The second-order valence-electron chi connectivity index (χ2n) is 22.5. The number of aliphatic hydroxyl groups excluding tert-OH is 1. The number of aliphatic hydroxyl groups is 1. The standard InChI is InChI=1S/C60H98N16O12/c1-5-6-7-8-15-20-49(78)67-40(21-27-61)57(85)76-50(37(4)77)60(88)72-44(25-31-65)53(81)71-45-26-32-66-51(79)47(34-38-16-11-9-12-17-38)74-54(82)42(23-29-63)68-52(80)41(22-28-62)70-58(86)46(33-36(2)3)73-59(87)48(35-39-18-13-10-14-19-39)75-55(83)43(24-30-64)69-56(45)84/h9-14,16-19,36-37,40-48,50,77H,5-8,15,20-35,61-65H2,1-4H3,(H,66,79)(H,67,78)(H,68,80)(H,69,84)(H,70,86)(H,71,81)(H,72,88)(H,73,87)(H,74,82)(H,75,83)(H,76,85)/t37-,40+,41+,42+,43+,44+,45+,46+,47+,48-,50+/m1/s1. The quantitative estimate of drug-likeness (QED) is 0.0336. The van der Waals surface area contributed by atoms with Crippen molar-refractivity contribution in [2.75, 3.05) is 39.3 Å². The Bertz CT molecular complexity index is 2550. The van der Waals surface area contributed by atoms with Crippen molar-refractivity contribution in [2.24, 2.45) is 34.6 Å². The largest absolute Gasteiger partial charge is 0.391 e. The molecule has 0 aromatic heterocycles. The molecule has 1 aliphatic rings. The zero-order valence-corrected chi connectivity index (χ0v) is 51.4. The fraction of sp³-hybridized carbons (Fsp3) is 0.617. The summed E-state index contributed by atoms with van der Waals surface area (Å²) < 4.78 is 0. The molecule has 0 bridgehead atoms. The monoisotopic (exact) mass is 1230 g/mol. The summed E-state index contributed by atoms with van der Waals surface area (Å²) in [5, 5.41) is 39.8. The first-order valence-corrected chi connectivity index (χ1v) is 30.7. The average molecular weight is 1240 g/mol. The predicted molar refractivity (Wildman–Crippen MR) is 330 cm³/mol. The van der Waals surface area contributed by atoms with Crippen LogP contribution < -0.4 is 87.2 Å². The normalized spacial score (nSPS) is 21.7. The molecule has 0 saturated carbocycles. The van der Waals surface area contributed by atoms with Crippen LogP contribution in [0, 0.1) is 5.92 Å².